The van der Waals surface area contributed by atoms with Crippen LogP contribution in [0.4, 0.5) is 4.79 Å². The summed E-state index contributed by atoms with van der Waals surface area (Å²) in [6.07, 6.45) is 4.89. The van der Waals surface area contributed by atoms with Crippen LogP contribution in [0.1, 0.15) is 17.5 Å². The standard InChI is InChI=1S/C23H22BrNO4S/c1-3-12-29-21-18(24)13-17(14-19(21)28-2)15-20-22(26)25(23(27)30-20)11-7-10-16-8-5-4-6-9-16/h3-6,8-9,13-15H,1,7,10-12H2,2H3/b20-15+. The molecule has 1 aliphatic rings. The number of hydrogen-bond acceptors (Lipinski definition) is 5. The van der Waals surface area contributed by atoms with Gasteiger partial charge in [0.1, 0.15) is 6.61 Å². The Morgan fingerprint density at radius 1 is 1.20 bits per heavy atom. The lowest BCUT2D eigenvalue weighted by atomic mass is 10.1. The van der Waals surface area contributed by atoms with E-state index in [1.54, 1.807) is 25.3 Å². The summed E-state index contributed by atoms with van der Waals surface area (Å²) in [7, 11) is 1.55. The van der Waals surface area contributed by atoms with Crippen LogP contribution in [0, 0.1) is 0 Å². The molecule has 2 aromatic carbocycles. The highest BCUT2D eigenvalue weighted by molar-refractivity contribution is 9.10. The number of halogens is 1. The molecule has 0 N–H and O–H groups in total. The van der Waals surface area contributed by atoms with Crippen LogP contribution in [0.5, 0.6) is 11.5 Å². The summed E-state index contributed by atoms with van der Waals surface area (Å²) in [5.74, 6) is 0.822. The lowest BCUT2D eigenvalue weighted by molar-refractivity contribution is -0.122. The van der Waals surface area contributed by atoms with Crippen LogP contribution in [0.2, 0.25) is 0 Å². The van der Waals surface area contributed by atoms with E-state index in [1.165, 1.54) is 10.5 Å². The summed E-state index contributed by atoms with van der Waals surface area (Å²) in [5.41, 5.74) is 1.93. The SMILES string of the molecule is C=CCOc1c(Br)cc(/C=C2/SC(=O)N(CCCc3ccccc3)C2=O)cc1OC. The van der Waals surface area contributed by atoms with Gasteiger partial charge < -0.3 is 9.47 Å². The fourth-order valence-corrected chi connectivity index (χ4v) is 4.47. The minimum absolute atomic E-state index is 0.240. The van der Waals surface area contributed by atoms with Crippen molar-refractivity contribution in [2.45, 2.75) is 12.8 Å². The van der Waals surface area contributed by atoms with Gasteiger partial charge in [-0.3, -0.25) is 14.5 Å². The fourth-order valence-electron chi connectivity index (χ4n) is 3.04. The number of amides is 2. The summed E-state index contributed by atoms with van der Waals surface area (Å²) in [4.78, 5) is 26.8. The van der Waals surface area contributed by atoms with Crippen molar-refractivity contribution in [3.05, 3.63) is 75.6 Å². The number of ether oxygens (including phenoxy) is 2. The largest absolute Gasteiger partial charge is 0.493 e. The van der Waals surface area contributed by atoms with Crippen molar-refractivity contribution in [2.75, 3.05) is 20.3 Å². The van der Waals surface area contributed by atoms with Gasteiger partial charge >= 0.3 is 0 Å². The van der Waals surface area contributed by atoms with Crippen LogP contribution >= 0.6 is 27.7 Å². The maximum Gasteiger partial charge on any atom is 0.293 e. The molecule has 0 bridgehead atoms. The van der Waals surface area contributed by atoms with Crippen molar-refractivity contribution in [2.24, 2.45) is 0 Å². The number of benzene rings is 2. The quantitative estimate of drug-likeness (QED) is 0.335. The lowest BCUT2D eigenvalue weighted by Crippen LogP contribution is -2.29. The summed E-state index contributed by atoms with van der Waals surface area (Å²) in [6.45, 7) is 4.38. The highest BCUT2D eigenvalue weighted by Crippen LogP contribution is 2.39. The van der Waals surface area contributed by atoms with Gasteiger partial charge in [-0.2, -0.15) is 0 Å². The van der Waals surface area contributed by atoms with E-state index in [2.05, 4.69) is 22.5 Å². The molecular weight excluding hydrogens is 466 g/mol. The second kappa shape index (κ2) is 10.5. The van der Waals surface area contributed by atoms with Crippen LogP contribution in [-0.2, 0) is 11.2 Å². The molecular formula is C23H22BrNO4S. The van der Waals surface area contributed by atoms with Gasteiger partial charge in [0.25, 0.3) is 11.1 Å². The summed E-state index contributed by atoms with van der Waals surface area (Å²) < 4.78 is 11.7. The van der Waals surface area contributed by atoms with Crippen molar-refractivity contribution in [3.8, 4) is 11.5 Å². The Hall–Kier alpha value is -2.51. The van der Waals surface area contributed by atoms with Crippen molar-refractivity contribution in [1.29, 1.82) is 0 Å². The molecule has 5 nitrogen and oxygen atoms in total. The second-order valence-corrected chi connectivity index (χ2v) is 8.40. The Balaban J connectivity index is 1.71. The summed E-state index contributed by atoms with van der Waals surface area (Å²) in [5, 5.41) is -0.240. The first-order valence-electron chi connectivity index (χ1n) is 9.44. The monoisotopic (exact) mass is 487 g/mol. The number of rotatable bonds is 9. The molecule has 2 amide bonds. The van der Waals surface area contributed by atoms with Gasteiger partial charge in [0.2, 0.25) is 0 Å². The molecule has 1 heterocycles. The van der Waals surface area contributed by atoms with Crippen LogP contribution in [0.25, 0.3) is 6.08 Å². The van der Waals surface area contributed by atoms with Gasteiger partial charge in [-0.1, -0.05) is 43.0 Å². The molecule has 30 heavy (non-hydrogen) atoms. The summed E-state index contributed by atoms with van der Waals surface area (Å²) >= 11 is 4.43. The molecule has 1 saturated heterocycles. The van der Waals surface area contributed by atoms with Crippen molar-refractivity contribution in [3.63, 3.8) is 0 Å². The van der Waals surface area contributed by atoms with Gasteiger partial charge in [0.05, 0.1) is 16.5 Å². The first-order chi connectivity index (χ1) is 14.5. The number of imide groups is 1. The number of carbonyl (C=O) groups excluding carboxylic acids is 2. The molecule has 0 aromatic heterocycles. The zero-order valence-electron chi connectivity index (χ0n) is 16.6. The molecule has 1 aliphatic heterocycles. The van der Waals surface area contributed by atoms with Crippen molar-refractivity contribution < 1.29 is 19.1 Å². The zero-order valence-corrected chi connectivity index (χ0v) is 19.0. The van der Waals surface area contributed by atoms with Gasteiger partial charge in [-0.25, -0.2) is 0 Å². The maximum atomic E-state index is 12.7. The molecule has 0 spiro atoms. The zero-order chi connectivity index (χ0) is 21.5. The Kier molecular flexibility index (Phi) is 7.76. The number of methoxy groups -OCH3 is 1. The first-order valence-corrected chi connectivity index (χ1v) is 11.0. The molecule has 0 atom stereocenters. The average molecular weight is 488 g/mol. The molecule has 1 fully saturated rings. The number of carbonyl (C=O) groups is 2. The third kappa shape index (κ3) is 5.34. The highest BCUT2D eigenvalue weighted by Gasteiger charge is 2.34. The topological polar surface area (TPSA) is 55.8 Å². The molecule has 0 radical (unpaired) electrons. The van der Waals surface area contributed by atoms with Crippen LogP contribution in [0.3, 0.4) is 0 Å². The van der Waals surface area contributed by atoms with Gasteiger partial charge in [-0.05, 0) is 69.9 Å². The van der Waals surface area contributed by atoms with E-state index in [0.717, 1.165) is 30.2 Å². The Bertz CT molecular complexity index is 975. The number of hydrogen-bond donors (Lipinski definition) is 0. The Morgan fingerprint density at radius 2 is 1.97 bits per heavy atom. The van der Waals surface area contributed by atoms with E-state index in [4.69, 9.17) is 9.47 Å². The van der Waals surface area contributed by atoms with Crippen LogP contribution < -0.4 is 9.47 Å². The summed E-state index contributed by atoms with van der Waals surface area (Å²) in [6, 6.07) is 13.6. The molecule has 0 aliphatic carbocycles. The molecule has 0 unspecified atom stereocenters. The fraction of sp³-hybridized carbons (Fsp3) is 0.217. The molecule has 0 saturated carbocycles. The van der Waals surface area contributed by atoms with Crippen molar-refractivity contribution >= 4 is 44.9 Å². The predicted molar refractivity (Wildman–Crippen MR) is 124 cm³/mol. The van der Waals surface area contributed by atoms with Crippen LogP contribution in [-0.4, -0.2) is 36.3 Å². The van der Waals surface area contributed by atoms with E-state index < -0.39 is 0 Å². The Labute approximate surface area is 188 Å². The van der Waals surface area contributed by atoms with E-state index in [9.17, 15) is 9.59 Å². The second-order valence-electron chi connectivity index (χ2n) is 6.56. The minimum atomic E-state index is -0.264. The smallest absolute Gasteiger partial charge is 0.293 e. The van der Waals surface area contributed by atoms with E-state index in [0.29, 0.717) is 34.0 Å². The molecule has 2 aromatic rings. The molecule has 7 heteroatoms. The highest BCUT2D eigenvalue weighted by atomic mass is 79.9. The van der Waals surface area contributed by atoms with E-state index in [1.807, 2.05) is 36.4 Å². The average Bonchev–Trinajstić information content (AvgIpc) is 3.00. The van der Waals surface area contributed by atoms with Crippen LogP contribution in [0.15, 0.2) is 64.5 Å². The van der Waals surface area contributed by atoms with Crippen molar-refractivity contribution in [1.82, 2.24) is 4.90 Å². The Morgan fingerprint density at radius 3 is 2.67 bits per heavy atom. The van der Waals surface area contributed by atoms with Gasteiger partial charge in [-0.15, -0.1) is 0 Å². The number of thioether (sulfide) groups is 1. The third-order valence-corrected chi connectivity index (χ3v) is 5.96. The van der Waals surface area contributed by atoms with Gasteiger partial charge in [0.15, 0.2) is 11.5 Å². The number of aryl methyl sites for hydroxylation is 1. The number of nitrogens with zero attached hydrogens (tertiary/aromatic N) is 1. The van der Waals surface area contributed by atoms with Gasteiger partial charge in [0, 0.05) is 6.54 Å². The molecule has 3 rings (SSSR count). The molecule has 156 valence electrons. The lowest BCUT2D eigenvalue weighted by Gasteiger charge is -2.13. The minimum Gasteiger partial charge on any atom is -0.493 e. The van der Waals surface area contributed by atoms with E-state index in [-0.39, 0.29) is 11.1 Å². The van der Waals surface area contributed by atoms with E-state index >= 15 is 0 Å². The predicted octanol–water partition coefficient (Wildman–Crippen LogP) is 5.69. The third-order valence-electron chi connectivity index (χ3n) is 4.46. The normalized spacial score (nSPS) is 15.0. The first kappa shape index (κ1) is 22.2. The maximum absolute atomic E-state index is 12.7.